The molecule has 0 spiro atoms. The fourth-order valence-electron chi connectivity index (χ4n) is 3.86. The second-order valence-corrected chi connectivity index (χ2v) is 6.56. The van der Waals surface area contributed by atoms with Gasteiger partial charge in [-0.25, -0.2) is 0 Å². The second-order valence-electron chi connectivity index (χ2n) is 6.56. The number of aryl methyl sites for hydroxylation is 1. The molecule has 20 heavy (non-hydrogen) atoms. The molecule has 1 fully saturated rings. The fourth-order valence-corrected chi connectivity index (χ4v) is 3.86. The van der Waals surface area contributed by atoms with Crippen molar-refractivity contribution in [3.05, 3.63) is 47.0 Å². The Morgan fingerprint density at radius 2 is 2.10 bits per heavy atom. The summed E-state index contributed by atoms with van der Waals surface area (Å²) in [5.74, 6) is 0.656. The van der Waals surface area contributed by atoms with Crippen LogP contribution < -0.4 is 5.32 Å². The van der Waals surface area contributed by atoms with Crippen LogP contribution in [-0.4, -0.2) is 12.6 Å². The van der Waals surface area contributed by atoms with Crippen LogP contribution in [0.25, 0.3) is 0 Å². The quantitative estimate of drug-likeness (QED) is 0.792. The molecule has 3 rings (SSSR count). The molecule has 1 heterocycles. The summed E-state index contributed by atoms with van der Waals surface area (Å²) in [6.07, 6.45) is 11.8. The van der Waals surface area contributed by atoms with Crippen LogP contribution in [0.3, 0.4) is 0 Å². The Balaban J connectivity index is 1.68. The average Bonchev–Trinajstić information content (AvgIpc) is 2.48. The molecule has 1 aliphatic heterocycles. The normalized spacial score (nSPS) is 27.1. The van der Waals surface area contributed by atoms with E-state index in [2.05, 4.69) is 42.6 Å². The highest BCUT2D eigenvalue weighted by molar-refractivity contribution is 5.35. The first-order chi connectivity index (χ1) is 9.83. The summed E-state index contributed by atoms with van der Waals surface area (Å²) < 4.78 is 0. The van der Waals surface area contributed by atoms with Crippen LogP contribution in [0.5, 0.6) is 0 Å². The van der Waals surface area contributed by atoms with Crippen molar-refractivity contribution >= 4 is 0 Å². The van der Waals surface area contributed by atoms with Crippen molar-refractivity contribution in [2.75, 3.05) is 6.54 Å². The second kappa shape index (κ2) is 6.58. The molecule has 0 saturated carbocycles. The van der Waals surface area contributed by atoms with Gasteiger partial charge in [0.2, 0.25) is 0 Å². The molecule has 0 aromatic heterocycles. The predicted molar refractivity (Wildman–Crippen MR) is 86.1 cm³/mol. The maximum atomic E-state index is 3.67. The van der Waals surface area contributed by atoms with Crippen molar-refractivity contribution in [2.24, 2.45) is 0 Å². The summed E-state index contributed by atoms with van der Waals surface area (Å²) in [5, 5.41) is 3.67. The van der Waals surface area contributed by atoms with Gasteiger partial charge in [0.15, 0.2) is 0 Å². The van der Waals surface area contributed by atoms with E-state index in [0.29, 0.717) is 5.92 Å². The monoisotopic (exact) mass is 269 g/mol. The van der Waals surface area contributed by atoms with Crippen molar-refractivity contribution < 1.29 is 0 Å². The molecule has 0 amide bonds. The van der Waals surface area contributed by atoms with Crippen molar-refractivity contribution in [1.29, 1.82) is 0 Å². The summed E-state index contributed by atoms with van der Waals surface area (Å²) in [6.45, 7) is 3.54. The Kier molecular flexibility index (Phi) is 4.57. The highest BCUT2D eigenvalue weighted by Crippen LogP contribution is 2.33. The van der Waals surface area contributed by atoms with Crippen molar-refractivity contribution in [3.63, 3.8) is 0 Å². The van der Waals surface area contributed by atoms with Gasteiger partial charge in [0.05, 0.1) is 0 Å². The van der Waals surface area contributed by atoms with Crippen LogP contribution in [0.1, 0.15) is 62.5 Å². The third-order valence-electron chi connectivity index (χ3n) is 4.88. The zero-order chi connectivity index (χ0) is 13.8. The van der Waals surface area contributed by atoms with E-state index in [1.54, 1.807) is 16.7 Å². The largest absolute Gasteiger partial charge is 0.314 e. The van der Waals surface area contributed by atoms with Gasteiger partial charge >= 0.3 is 0 Å². The minimum Gasteiger partial charge on any atom is -0.314 e. The summed E-state index contributed by atoms with van der Waals surface area (Å²) >= 11 is 0. The van der Waals surface area contributed by atoms with E-state index in [4.69, 9.17) is 0 Å². The molecule has 1 heteroatoms. The van der Waals surface area contributed by atoms with Crippen LogP contribution >= 0.6 is 0 Å². The number of benzene rings is 1. The molecular weight excluding hydrogens is 242 g/mol. The van der Waals surface area contributed by atoms with E-state index in [-0.39, 0.29) is 0 Å². The zero-order valence-electron chi connectivity index (χ0n) is 12.7. The fraction of sp³-hybridized carbons (Fsp3) is 0.579. The average molecular weight is 269 g/mol. The molecule has 1 aliphatic carbocycles. The van der Waals surface area contributed by atoms with Gasteiger partial charge in [0.1, 0.15) is 0 Å². The Morgan fingerprint density at radius 1 is 1.20 bits per heavy atom. The summed E-state index contributed by atoms with van der Waals surface area (Å²) in [5.41, 5.74) is 4.73. The number of fused-ring (bicyclic) bond motifs is 1. The first-order valence-electron chi connectivity index (χ1n) is 8.31. The highest BCUT2D eigenvalue weighted by atomic mass is 14.9. The topological polar surface area (TPSA) is 12.0 Å². The standard InChI is InChI=1S/C19H27N/c1-15(14-18-10-4-5-12-20-18)13-17-9-6-8-16-7-2-3-11-19(16)17/h2-3,7,11,13,17-18,20H,4-6,8-10,12,14H2,1H3/b15-13-. The molecule has 2 unspecified atom stereocenters. The predicted octanol–water partition coefficient (Wildman–Crippen LogP) is 4.59. The first-order valence-corrected chi connectivity index (χ1v) is 8.31. The van der Waals surface area contributed by atoms with Gasteiger partial charge < -0.3 is 5.32 Å². The van der Waals surface area contributed by atoms with Gasteiger partial charge in [-0.15, -0.1) is 0 Å². The summed E-state index contributed by atoms with van der Waals surface area (Å²) in [7, 11) is 0. The Labute approximate surface area is 123 Å². The van der Waals surface area contributed by atoms with E-state index in [9.17, 15) is 0 Å². The molecular formula is C19H27N. The number of piperidine rings is 1. The molecule has 1 N–H and O–H groups in total. The molecule has 0 bridgehead atoms. The van der Waals surface area contributed by atoms with Crippen LogP contribution in [0.4, 0.5) is 0 Å². The third-order valence-corrected chi connectivity index (χ3v) is 4.88. The third kappa shape index (κ3) is 3.32. The molecule has 1 saturated heterocycles. The minimum absolute atomic E-state index is 0.656. The van der Waals surface area contributed by atoms with E-state index in [1.165, 1.54) is 51.5 Å². The van der Waals surface area contributed by atoms with Crippen LogP contribution in [0, 0.1) is 0 Å². The summed E-state index contributed by atoms with van der Waals surface area (Å²) in [6, 6.07) is 9.75. The minimum atomic E-state index is 0.656. The molecule has 1 aromatic rings. The summed E-state index contributed by atoms with van der Waals surface area (Å²) in [4.78, 5) is 0. The lowest BCUT2D eigenvalue weighted by Crippen LogP contribution is -2.34. The van der Waals surface area contributed by atoms with Gasteiger partial charge in [0, 0.05) is 12.0 Å². The maximum absolute atomic E-state index is 3.67. The molecule has 2 atom stereocenters. The zero-order valence-corrected chi connectivity index (χ0v) is 12.7. The van der Waals surface area contributed by atoms with Crippen molar-refractivity contribution in [3.8, 4) is 0 Å². The number of allylic oxidation sites excluding steroid dienone is 1. The lowest BCUT2D eigenvalue weighted by Gasteiger charge is -2.26. The van der Waals surface area contributed by atoms with Gasteiger partial charge in [-0.05, 0) is 63.1 Å². The van der Waals surface area contributed by atoms with Gasteiger partial charge in [-0.2, -0.15) is 0 Å². The number of nitrogens with one attached hydrogen (secondary N) is 1. The number of hydrogen-bond donors (Lipinski definition) is 1. The van der Waals surface area contributed by atoms with Gasteiger partial charge in [0.25, 0.3) is 0 Å². The first kappa shape index (κ1) is 13.9. The van der Waals surface area contributed by atoms with Crippen LogP contribution in [0.15, 0.2) is 35.9 Å². The molecule has 2 aliphatic rings. The van der Waals surface area contributed by atoms with Gasteiger partial charge in [-0.3, -0.25) is 0 Å². The number of hydrogen-bond acceptors (Lipinski definition) is 1. The van der Waals surface area contributed by atoms with Crippen molar-refractivity contribution in [1.82, 2.24) is 5.32 Å². The lowest BCUT2D eigenvalue weighted by molar-refractivity contribution is 0.398. The van der Waals surface area contributed by atoms with E-state index < -0.39 is 0 Å². The van der Waals surface area contributed by atoms with Crippen molar-refractivity contribution in [2.45, 2.75) is 63.8 Å². The van der Waals surface area contributed by atoms with E-state index in [0.717, 1.165) is 6.04 Å². The Morgan fingerprint density at radius 3 is 2.95 bits per heavy atom. The van der Waals surface area contributed by atoms with E-state index in [1.807, 2.05) is 0 Å². The Bertz CT molecular complexity index is 468. The SMILES string of the molecule is C/C(=C/C1CCCc2ccccc21)CC1CCCCN1. The highest BCUT2D eigenvalue weighted by Gasteiger charge is 2.19. The molecule has 0 radical (unpaired) electrons. The Hall–Kier alpha value is -1.08. The maximum Gasteiger partial charge on any atom is 0.0104 e. The molecule has 1 aromatic carbocycles. The van der Waals surface area contributed by atoms with Crippen LogP contribution in [-0.2, 0) is 6.42 Å². The molecule has 1 nitrogen and oxygen atoms in total. The smallest absolute Gasteiger partial charge is 0.0104 e. The lowest BCUT2D eigenvalue weighted by atomic mass is 9.81. The van der Waals surface area contributed by atoms with Gasteiger partial charge in [-0.1, -0.05) is 42.3 Å². The van der Waals surface area contributed by atoms with E-state index >= 15 is 0 Å². The molecule has 108 valence electrons. The number of rotatable bonds is 3. The van der Waals surface area contributed by atoms with Crippen LogP contribution in [0.2, 0.25) is 0 Å².